The highest BCUT2D eigenvalue weighted by Gasteiger charge is 2.21. The SMILES string of the molecule is CCN1CCN(c2ccc(C(=O)NC3CCC(O)CC3)cc2)CC1. The molecule has 2 N–H and O–H groups in total. The first-order valence-corrected chi connectivity index (χ1v) is 9.22. The van der Waals surface area contributed by atoms with E-state index in [1.165, 1.54) is 5.69 Å². The van der Waals surface area contributed by atoms with Gasteiger partial charge in [-0.3, -0.25) is 4.79 Å². The molecule has 24 heavy (non-hydrogen) atoms. The minimum Gasteiger partial charge on any atom is -0.393 e. The van der Waals surface area contributed by atoms with Gasteiger partial charge in [0.25, 0.3) is 5.91 Å². The summed E-state index contributed by atoms with van der Waals surface area (Å²) in [6.45, 7) is 7.62. The standard InChI is InChI=1S/C19H29N3O2/c1-2-21-11-13-22(14-12-21)17-7-3-15(4-8-17)19(24)20-16-5-9-18(23)10-6-16/h3-4,7-8,16,18,23H,2,5-6,9-14H2,1H3,(H,20,24). The lowest BCUT2D eigenvalue weighted by molar-refractivity contribution is 0.0867. The average Bonchev–Trinajstić information content (AvgIpc) is 2.64. The first-order valence-electron chi connectivity index (χ1n) is 9.22. The monoisotopic (exact) mass is 331 g/mol. The van der Waals surface area contributed by atoms with Crippen LogP contribution in [0.3, 0.4) is 0 Å². The largest absolute Gasteiger partial charge is 0.393 e. The molecule has 3 rings (SSSR count). The quantitative estimate of drug-likeness (QED) is 0.884. The van der Waals surface area contributed by atoms with Crippen LogP contribution in [0.1, 0.15) is 43.0 Å². The van der Waals surface area contributed by atoms with Gasteiger partial charge in [-0.05, 0) is 56.5 Å². The highest BCUT2D eigenvalue weighted by molar-refractivity contribution is 5.94. The van der Waals surface area contributed by atoms with Crippen molar-refractivity contribution in [3.8, 4) is 0 Å². The smallest absolute Gasteiger partial charge is 0.251 e. The Bertz CT molecular complexity index is 530. The molecule has 0 aromatic heterocycles. The Balaban J connectivity index is 1.53. The number of carbonyl (C=O) groups excluding carboxylic acids is 1. The molecule has 132 valence electrons. The van der Waals surface area contributed by atoms with E-state index in [4.69, 9.17) is 0 Å². The summed E-state index contributed by atoms with van der Waals surface area (Å²) in [6.07, 6.45) is 3.12. The summed E-state index contributed by atoms with van der Waals surface area (Å²) in [6, 6.07) is 8.16. The van der Waals surface area contributed by atoms with E-state index in [1.54, 1.807) is 0 Å². The molecule has 1 saturated heterocycles. The summed E-state index contributed by atoms with van der Waals surface area (Å²) in [5.41, 5.74) is 1.92. The van der Waals surface area contributed by atoms with Crippen molar-refractivity contribution in [2.24, 2.45) is 0 Å². The summed E-state index contributed by atoms with van der Waals surface area (Å²) >= 11 is 0. The lowest BCUT2D eigenvalue weighted by Gasteiger charge is -2.35. The number of nitrogens with zero attached hydrogens (tertiary/aromatic N) is 2. The molecule has 0 atom stereocenters. The van der Waals surface area contributed by atoms with Crippen LogP contribution in [-0.2, 0) is 0 Å². The van der Waals surface area contributed by atoms with Crippen LogP contribution in [0.15, 0.2) is 24.3 Å². The van der Waals surface area contributed by atoms with E-state index in [1.807, 2.05) is 12.1 Å². The number of hydrogen-bond donors (Lipinski definition) is 2. The first kappa shape index (κ1) is 17.2. The second-order valence-electron chi connectivity index (χ2n) is 6.95. The molecule has 2 fully saturated rings. The van der Waals surface area contributed by atoms with E-state index in [0.29, 0.717) is 0 Å². The maximum atomic E-state index is 12.4. The summed E-state index contributed by atoms with van der Waals surface area (Å²) in [5, 5.41) is 12.6. The number of rotatable bonds is 4. The van der Waals surface area contributed by atoms with Crippen LogP contribution in [0.25, 0.3) is 0 Å². The Labute approximate surface area is 144 Å². The molecule has 5 heteroatoms. The van der Waals surface area contributed by atoms with Crippen molar-refractivity contribution in [2.45, 2.75) is 44.8 Å². The van der Waals surface area contributed by atoms with Crippen LogP contribution in [0.2, 0.25) is 0 Å². The minimum atomic E-state index is -0.189. The van der Waals surface area contributed by atoms with E-state index in [0.717, 1.165) is 64.0 Å². The Kier molecular flexibility index (Phi) is 5.74. The Morgan fingerprint density at radius 1 is 1.08 bits per heavy atom. The van der Waals surface area contributed by atoms with Gasteiger partial charge in [0.05, 0.1) is 6.10 Å². The van der Waals surface area contributed by atoms with Crippen molar-refractivity contribution < 1.29 is 9.90 Å². The highest BCUT2D eigenvalue weighted by atomic mass is 16.3. The zero-order valence-electron chi connectivity index (χ0n) is 14.6. The number of anilines is 1. The fourth-order valence-corrected chi connectivity index (χ4v) is 3.63. The molecule has 1 amide bonds. The van der Waals surface area contributed by atoms with E-state index in [2.05, 4.69) is 34.2 Å². The zero-order valence-corrected chi connectivity index (χ0v) is 14.6. The zero-order chi connectivity index (χ0) is 16.9. The number of likely N-dealkylation sites (N-methyl/N-ethyl adjacent to an activating group) is 1. The molecule has 1 saturated carbocycles. The lowest BCUT2D eigenvalue weighted by Crippen LogP contribution is -2.46. The summed E-state index contributed by atoms with van der Waals surface area (Å²) in [5.74, 6) is -0.00116. The maximum absolute atomic E-state index is 12.4. The van der Waals surface area contributed by atoms with Gasteiger partial charge in [0, 0.05) is 43.5 Å². The summed E-state index contributed by atoms with van der Waals surface area (Å²) in [7, 11) is 0. The van der Waals surface area contributed by atoms with Crippen molar-refractivity contribution in [3.05, 3.63) is 29.8 Å². The molecule has 0 unspecified atom stereocenters. The molecule has 1 aliphatic heterocycles. The number of piperazine rings is 1. The molecule has 1 aliphatic carbocycles. The molecule has 0 spiro atoms. The molecular weight excluding hydrogens is 302 g/mol. The van der Waals surface area contributed by atoms with Crippen molar-refractivity contribution in [2.75, 3.05) is 37.6 Å². The second kappa shape index (κ2) is 7.99. The fourth-order valence-electron chi connectivity index (χ4n) is 3.63. The molecule has 0 radical (unpaired) electrons. The maximum Gasteiger partial charge on any atom is 0.251 e. The van der Waals surface area contributed by atoms with Crippen LogP contribution < -0.4 is 10.2 Å². The van der Waals surface area contributed by atoms with Gasteiger partial charge in [-0.15, -0.1) is 0 Å². The van der Waals surface area contributed by atoms with Gasteiger partial charge in [0.15, 0.2) is 0 Å². The van der Waals surface area contributed by atoms with E-state index >= 15 is 0 Å². The van der Waals surface area contributed by atoms with Crippen LogP contribution in [-0.4, -0.2) is 60.8 Å². The number of amides is 1. The minimum absolute atomic E-state index is 0.00116. The van der Waals surface area contributed by atoms with Gasteiger partial charge < -0.3 is 20.2 Å². The number of nitrogens with one attached hydrogen (secondary N) is 1. The van der Waals surface area contributed by atoms with Crippen molar-refractivity contribution in [3.63, 3.8) is 0 Å². The Hall–Kier alpha value is -1.59. The topological polar surface area (TPSA) is 55.8 Å². The molecule has 2 aliphatic rings. The van der Waals surface area contributed by atoms with Crippen molar-refractivity contribution >= 4 is 11.6 Å². The van der Waals surface area contributed by atoms with Crippen LogP contribution in [0, 0.1) is 0 Å². The predicted octanol–water partition coefficient (Wildman–Crippen LogP) is 1.86. The third-order valence-corrected chi connectivity index (χ3v) is 5.35. The van der Waals surface area contributed by atoms with Gasteiger partial charge in [-0.2, -0.15) is 0 Å². The first-order chi connectivity index (χ1) is 11.7. The Morgan fingerprint density at radius 3 is 2.29 bits per heavy atom. The van der Waals surface area contributed by atoms with E-state index in [9.17, 15) is 9.90 Å². The van der Waals surface area contributed by atoms with Crippen LogP contribution >= 0.6 is 0 Å². The third kappa shape index (κ3) is 4.28. The molecule has 1 aromatic rings. The highest BCUT2D eigenvalue weighted by Crippen LogP contribution is 2.20. The van der Waals surface area contributed by atoms with E-state index in [-0.39, 0.29) is 18.1 Å². The summed E-state index contributed by atoms with van der Waals surface area (Å²) in [4.78, 5) is 17.2. The fraction of sp³-hybridized carbons (Fsp3) is 0.632. The normalized spacial score (nSPS) is 25.5. The molecule has 0 bridgehead atoms. The van der Waals surface area contributed by atoms with Crippen LogP contribution in [0.5, 0.6) is 0 Å². The van der Waals surface area contributed by atoms with E-state index < -0.39 is 0 Å². The number of benzene rings is 1. The predicted molar refractivity (Wildman–Crippen MR) is 96.5 cm³/mol. The molecular formula is C19H29N3O2. The number of aliphatic hydroxyl groups is 1. The Morgan fingerprint density at radius 2 is 1.71 bits per heavy atom. The second-order valence-corrected chi connectivity index (χ2v) is 6.95. The van der Waals surface area contributed by atoms with Crippen LogP contribution in [0.4, 0.5) is 5.69 Å². The average molecular weight is 331 g/mol. The van der Waals surface area contributed by atoms with Gasteiger partial charge in [-0.1, -0.05) is 6.92 Å². The lowest BCUT2D eigenvalue weighted by atomic mass is 9.93. The number of carbonyl (C=O) groups is 1. The number of aliphatic hydroxyl groups excluding tert-OH is 1. The van der Waals surface area contributed by atoms with Crippen molar-refractivity contribution in [1.29, 1.82) is 0 Å². The van der Waals surface area contributed by atoms with Crippen molar-refractivity contribution in [1.82, 2.24) is 10.2 Å². The van der Waals surface area contributed by atoms with Gasteiger partial charge in [-0.25, -0.2) is 0 Å². The summed E-state index contributed by atoms with van der Waals surface area (Å²) < 4.78 is 0. The number of hydrogen-bond acceptors (Lipinski definition) is 4. The van der Waals surface area contributed by atoms with Gasteiger partial charge >= 0.3 is 0 Å². The third-order valence-electron chi connectivity index (χ3n) is 5.35. The van der Waals surface area contributed by atoms with Gasteiger partial charge in [0.1, 0.15) is 0 Å². The molecule has 5 nitrogen and oxygen atoms in total. The van der Waals surface area contributed by atoms with Gasteiger partial charge in [0.2, 0.25) is 0 Å². The molecule has 1 aromatic carbocycles. The molecule has 1 heterocycles.